The van der Waals surface area contributed by atoms with Crippen LogP contribution < -0.4 is 10.6 Å². The van der Waals surface area contributed by atoms with Gasteiger partial charge in [0.05, 0.1) is 5.52 Å². The number of carbonyl (C=O) groups excluding carboxylic acids is 2. The summed E-state index contributed by atoms with van der Waals surface area (Å²) >= 11 is 0. The summed E-state index contributed by atoms with van der Waals surface area (Å²) in [7, 11) is 0. The van der Waals surface area contributed by atoms with Crippen LogP contribution in [0, 0.1) is 0 Å². The molecule has 0 aliphatic heterocycles. The number of aromatic nitrogens is 2. The molecular formula is C19H18N4O2. The molecule has 126 valence electrons. The smallest absolute Gasteiger partial charge is 0.226 e. The van der Waals surface area contributed by atoms with E-state index in [0.29, 0.717) is 30.0 Å². The molecule has 6 nitrogen and oxygen atoms in total. The lowest BCUT2D eigenvalue weighted by Gasteiger charge is -2.09. The number of hydrogen-bond donors (Lipinski definition) is 2. The van der Waals surface area contributed by atoms with Gasteiger partial charge in [0.15, 0.2) is 5.78 Å². The molecule has 25 heavy (non-hydrogen) atoms. The van der Waals surface area contributed by atoms with Crippen LogP contribution in [0.4, 0.5) is 11.5 Å². The molecule has 0 atom stereocenters. The van der Waals surface area contributed by atoms with Gasteiger partial charge in [-0.3, -0.25) is 9.59 Å². The second-order valence-corrected chi connectivity index (χ2v) is 5.60. The molecule has 0 bridgehead atoms. The summed E-state index contributed by atoms with van der Waals surface area (Å²) in [6.45, 7) is 1.97. The number of hydrogen-bond acceptors (Lipinski definition) is 5. The minimum atomic E-state index is -0.110. The van der Waals surface area contributed by atoms with Crippen molar-refractivity contribution in [3.05, 3.63) is 60.4 Å². The minimum absolute atomic E-state index is 0.000783. The Hall–Kier alpha value is -3.28. The zero-order chi connectivity index (χ0) is 17.6. The monoisotopic (exact) mass is 334 g/mol. The van der Waals surface area contributed by atoms with Crippen LogP contribution in [-0.2, 0) is 4.79 Å². The highest BCUT2D eigenvalue weighted by atomic mass is 16.1. The van der Waals surface area contributed by atoms with Crippen molar-refractivity contribution in [1.82, 2.24) is 9.97 Å². The summed E-state index contributed by atoms with van der Waals surface area (Å²) in [6.07, 6.45) is 1.80. The van der Waals surface area contributed by atoms with Crippen LogP contribution in [-0.4, -0.2) is 28.2 Å². The van der Waals surface area contributed by atoms with Crippen LogP contribution in [0.5, 0.6) is 0 Å². The number of fused-ring (bicyclic) bond motifs is 1. The lowest BCUT2D eigenvalue weighted by Crippen LogP contribution is -2.16. The Morgan fingerprint density at radius 2 is 1.76 bits per heavy atom. The summed E-state index contributed by atoms with van der Waals surface area (Å²) in [6, 6.07) is 14.5. The number of para-hydroxylation sites is 1. The first kappa shape index (κ1) is 16.6. The summed E-state index contributed by atoms with van der Waals surface area (Å²) < 4.78 is 0. The number of carbonyl (C=O) groups is 2. The minimum Gasteiger partial charge on any atom is -0.369 e. The number of nitrogens with one attached hydrogen (secondary N) is 2. The molecule has 0 radical (unpaired) electrons. The van der Waals surface area contributed by atoms with Crippen LogP contribution in [0.2, 0.25) is 0 Å². The van der Waals surface area contributed by atoms with Crippen LogP contribution in [0.3, 0.4) is 0 Å². The average Bonchev–Trinajstić information content (AvgIpc) is 2.62. The van der Waals surface area contributed by atoms with Gasteiger partial charge < -0.3 is 10.6 Å². The predicted molar refractivity (Wildman–Crippen MR) is 97.7 cm³/mol. The molecule has 3 rings (SSSR count). The summed E-state index contributed by atoms with van der Waals surface area (Å²) in [5.74, 6) is 0.602. The highest BCUT2D eigenvalue weighted by Crippen LogP contribution is 2.18. The topological polar surface area (TPSA) is 84.0 Å². The lowest BCUT2D eigenvalue weighted by molar-refractivity contribution is -0.115. The first-order valence-electron chi connectivity index (χ1n) is 7.98. The summed E-state index contributed by atoms with van der Waals surface area (Å²) in [4.78, 5) is 31.7. The van der Waals surface area contributed by atoms with Crippen LogP contribution in [0.15, 0.2) is 54.9 Å². The maximum Gasteiger partial charge on any atom is 0.226 e. The Kier molecular flexibility index (Phi) is 4.99. The third-order valence-electron chi connectivity index (χ3n) is 3.76. The van der Waals surface area contributed by atoms with E-state index in [2.05, 4.69) is 20.6 Å². The van der Waals surface area contributed by atoms with Crippen molar-refractivity contribution in [2.75, 3.05) is 17.2 Å². The van der Waals surface area contributed by atoms with E-state index < -0.39 is 0 Å². The average molecular weight is 334 g/mol. The number of ketones is 1. The van der Waals surface area contributed by atoms with Crippen molar-refractivity contribution in [3.8, 4) is 0 Å². The number of anilines is 2. The molecule has 0 fully saturated rings. The van der Waals surface area contributed by atoms with Crippen molar-refractivity contribution in [3.63, 3.8) is 0 Å². The molecule has 3 aromatic rings. The van der Waals surface area contributed by atoms with Gasteiger partial charge in [0, 0.05) is 29.6 Å². The molecule has 0 saturated carbocycles. The van der Waals surface area contributed by atoms with Gasteiger partial charge in [-0.15, -0.1) is 0 Å². The molecule has 1 aromatic heterocycles. The SMILES string of the molecule is CC(=O)c1ccc(NC(=O)CCNc2ncnc3ccccc23)cc1. The van der Waals surface area contributed by atoms with Gasteiger partial charge in [-0.25, -0.2) is 9.97 Å². The number of Topliss-reactive ketones (excluding diaryl/α,β-unsaturated/α-hetero) is 1. The van der Waals surface area contributed by atoms with Gasteiger partial charge in [-0.2, -0.15) is 0 Å². The largest absolute Gasteiger partial charge is 0.369 e. The van der Waals surface area contributed by atoms with Gasteiger partial charge in [0.2, 0.25) is 5.91 Å². The maximum atomic E-state index is 12.0. The van der Waals surface area contributed by atoms with E-state index >= 15 is 0 Å². The lowest BCUT2D eigenvalue weighted by atomic mass is 10.1. The van der Waals surface area contributed by atoms with Crippen LogP contribution in [0.1, 0.15) is 23.7 Å². The maximum absolute atomic E-state index is 12.0. The molecule has 0 spiro atoms. The van der Waals surface area contributed by atoms with Crippen molar-refractivity contribution < 1.29 is 9.59 Å². The quantitative estimate of drug-likeness (QED) is 0.676. The fourth-order valence-corrected chi connectivity index (χ4v) is 2.45. The Balaban J connectivity index is 1.54. The number of amides is 1. The Labute approximate surface area is 145 Å². The molecular weight excluding hydrogens is 316 g/mol. The zero-order valence-corrected chi connectivity index (χ0v) is 13.8. The molecule has 1 heterocycles. The molecule has 6 heteroatoms. The fraction of sp³-hybridized carbons (Fsp3) is 0.158. The Morgan fingerprint density at radius 1 is 1.00 bits per heavy atom. The molecule has 0 aliphatic rings. The molecule has 1 amide bonds. The van der Waals surface area contributed by atoms with Gasteiger partial charge in [-0.1, -0.05) is 12.1 Å². The first-order chi connectivity index (χ1) is 12.1. The molecule has 2 aromatic carbocycles. The van der Waals surface area contributed by atoms with Gasteiger partial charge in [-0.05, 0) is 43.3 Å². The standard InChI is InChI=1S/C19H18N4O2/c1-13(24)14-6-8-15(9-7-14)23-18(25)10-11-20-19-16-4-2-3-5-17(16)21-12-22-19/h2-9,12H,10-11H2,1H3,(H,23,25)(H,20,21,22). The van der Waals surface area contributed by atoms with E-state index in [9.17, 15) is 9.59 Å². The van der Waals surface area contributed by atoms with Gasteiger partial charge in [0.25, 0.3) is 0 Å². The number of benzene rings is 2. The van der Waals surface area contributed by atoms with Crippen molar-refractivity contribution >= 4 is 34.1 Å². The highest BCUT2D eigenvalue weighted by molar-refractivity contribution is 5.95. The molecule has 0 unspecified atom stereocenters. The van der Waals surface area contributed by atoms with E-state index in [4.69, 9.17) is 0 Å². The summed E-state index contributed by atoms with van der Waals surface area (Å²) in [5, 5.41) is 6.90. The second-order valence-electron chi connectivity index (χ2n) is 5.60. The summed E-state index contributed by atoms with van der Waals surface area (Å²) in [5.41, 5.74) is 2.15. The molecule has 2 N–H and O–H groups in total. The van der Waals surface area contributed by atoms with E-state index in [-0.39, 0.29) is 11.7 Å². The number of rotatable bonds is 6. The zero-order valence-electron chi connectivity index (χ0n) is 13.8. The van der Waals surface area contributed by atoms with Crippen molar-refractivity contribution in [1.29, 1.82) is 0 Å². The third kappa shape index (κ3) is 4.17. The Morgan fingerprint density at radius 3 is 2.52 bits per heavy atom. The number of nitrogens with zero attached hydrogens (tertiary/aromatic N) is 2. The van der Waals surface area contributed by atoms with Crippen LogP contribution >= 0.6 is 0 Å². The highest BCUT2D eigenvalue weighted by Gasteiger charge is 2.06. The normalized spacial score (nSPS) is 10.4. The van der Waals surface area contributed by atoms with Gasteiger partial charge >= 0.3 is 0 Å². The van der Waals surface area contributed by atoms with Gasteiger partial charge in [0.1, 0.15) is 12.1 Å². The van der Waals surface area contributed by atoms with E-state index in [1.165, 1.54) is 13.3 Å². The third-order valence-corrected chi connectivity index (χ3v) is 3.76. The molecule has 0 saturated heterocycles. The van der Waals surface area contributed by atoms with Crippen molar-refractivity contribution in [2.24, 2.45) is 0 Å². The Bertz CT molecular complexity index is 901. The van der Waals surface area contributed by atoms with Crippen LogP contribution in [0.25, 0.3) is 10.9 Å². The first-order valence-corrected chi connectivity index (χ1v) is 7.98. The van der Waals surface area contributed by atoms with E-state index in [1.807, 2.05) is 24.3 Å². The van der Waals surface area contributed by atoms with Crippen molar-refractivity contribution in [2.45, 2.75) is 13.3 Å². The second kappa shape index (κ2) is 7.53. The van der Waals surface area contributed by atoms with E-state index in [0.717, 1.165) is 10.9 Å². The fourth-order valence-electron chi connectivity index (χ4n) is 2.45. The predicted octanol–water partition coefficient (Wildman–Crippen LogP) is 3.27. The molecule has 0 aliphatic carbocycles. The van der Waals surface area contributed by atoms with E-state index in [1.54, 1.807) is 24.3 Å².